The zero-order valence-corrected chi connectivity index (χ0v) is 25.3. The van der Waals surface area contributed by atoms with Crippen molar-refractivity contribution in [2.24, 2.45) is 0 Å². The fraction of sp³-hybridized carbons (Fsp3) is 0. The lowest BCUT2D eigenvalue weighted by atomic mass is 10.1. The first kappa shape index (κ1) is 29.5. The standard InChI is InChI=1S/C37H22F2N6O4/c38-29-17-27-28-18-30(39)34(47-24-8-6-10-26(16-24)49-36-12-2-4-14-42-36)20-32(28)45(37-43-21-40-22-44-37)31(27)19-33(29)46-23-7-5-9-25(15-23)48-35-11-1-3-13-41-35/h1-22H. The summed E-state index contributed by atoms with van der Waals surface area (Å²) >= 11 is 0. The van der Waals surface area contributed by atoms with Gasteiger partial charge in [0.15, 0.2) is 23.1 Å². The molecule has 0 aliphatic heterocycles. The summed E-state index contributed by atoms with van der Waals surface area (Å²) in [5.41, 5.74) is 0.918. The van der Waals surface area contributed by atoms with E-state index in [1.54, 1.807) is 102 Å². The molecule has 0 aliphatic rings. The summed E-state index contributed by atoms with van der Waals surface area (Å²) in [6, 6.07) is 29.7. The van der Waals surface area contributed by atoms with Crippen LogP contribution in [0.3, 0.4) is 0 Å². The maximum atomic E-state index is 15.7. The molecule has 4 aromatic carbocycles. The van der Waals surface area contributed by atoms with Gasteiger partial charge in [0, 0.05) is 59.6 Å². The molecule has 4 aromatic heterocycles. The Bertz CT molecular complexity index is 2280. The fourth-order valence-corrected chi connectivity index (χ4v) is 5.25. The molecule has 10 nitrogen and oxygen atoms in total. The molecule has 0 fully saturated rings. The van der Waals surface area contributed by atoms with E-state index in [4.69, 9.17) is 18.9 Å². The third-order valence-electron chi connectivity index (χ3n) is 7.34. The van der Waals surface area contributed by atoms with Gasteiger partial charge in [0.2, 0.25) is 17.7 Å². The van der Waals surface area contributed by atoms with Gasteiger partial charge in [-0.15, -0.1) is 0 Å². The molecule has 0 unspecified atom stereocenters. The maximum Gasteiger partial charge on any atom is 0.237 e. The molecule has 0 atom stereocenters. The molecule has 8 rings (SSSR count). The smallest absolute Gasteiger partial charge is 0.237 e. The number of nitrogens with zero attached hydrogens (tertiary/aromatic N) is 6. The van der Waals surface area contributed by atoms with Crippen LogP contribution in [-0.2, 0) is 0 Å². The van der Waals surface area contributed by atoms with Crippen molar-refractivity contribution in [3.05, 3.63) is 146 Å². The van der Waals surface area contributed by atoms with Crippen molar-refractivity contribution in [1.29, 1.82) is 0 Å². The molecule has 238 valence electrons. The molecule has 8 aromatic rings. The second-order valence-corrected chi connectivity index (χ2v) is 10.6. The van der Waals surface area contributed by atoms with Crippen molar-refractivity contribution in [3.63, 3.8) is 0 Å². The van der Waals surface area contributed by atoms with Gasteiger partial charge in [-0.05, 0) is 48.5 Å². The van der Waals surface area contributed by atoms with Gasteiger partial charge in [0.05, 0.1) is 11.0 Å². The Morgan fingerprint density at radius 3 is 1.39 bits per heavy atom. The summed E-state index contributed by atoms with van der Waals surface area (Å²) in [4.78, 5) is 20.9. The molecule has 12 heteroatoms. The number of ether oxygens (including phenoxy) is 4. The average Bonchev–Trinajstić information content (AvgIpc) is 3.41. The summed E-state index contributed by atoms with van der Waals surface area (Å²) in [7, 11) is 0. The normalized spacial score (nSPS) is 11.1. The lowest BCUT2D eigenvalue weighted by Gasteiger charge is -2.11. The molecule has 4 heterocycles. The Hall–Kier alpha value is -6.95. The minimum absolute atomic E-state index is 0.0812. The predicted molar refractivity (Wildman–Crippen MR) is 176 cm³/mol. The van der Waals surface area contributed by atoms with E-state index in [0.29, 0.717) is 56.6 Å². The second kappa shape index (κ2) is 12.7. The van der Waals surface area contributed by atoms with Crippen molar-refractivity contribution in [2.75, 3.05) is 0 Å². The van der Waals surface area contributed by atoms with Crippen LogP contribution < -0.4 is 18.9 Å². The highest BCUT2D eigenvalue weighted by atomic mass is 19.1. The average molecular weight is 653 g/mol. The van der Waals surface area contributed by atoms with Crippen molar-refractivity contribution in [2.45, 2.75) is 0 Å². The van der Waals surface area contributed by atoms with E-state index in [0.717, 1.165) is 0 Å². The highest BCUT2D eigenvalue weighted by molar-refractivity contribution is 6.10. The molecule has 0 N–H and O–H groups in total. The van der Waals surface area contributed by atoms with E-state index >= 15 is 8.78 Å². The highest BCUT2D eigenvalue weighted by Crippen LogP contribution is 2.40. The summed E-state index contributed by atoms with van der Waals surface area (Å²) in [6.07, 6.45) is 5.90. The van der Waals surface area contributed by atoms with Gasteiger partial charge in [-0.2, -0.15) is 0 Å². The summed E-state index contributed by atoms with van der Waals surface area (Å²) in [5.74, 6) is 1.09. The van der Waals surface area contributed by atoms with Crippen LogP contribution in [0.2, 0.25) is 0 Å². The summed E-state index contributed by atoms with van der Waals surface area (Å²) < 4.78 is 56.7. The Kier molecular flexibility index (Phi) is 7.62. The summed E-state index contributed by atoms with van der Waals surface area (Å²) in [6.45, 7) is 0. The molecular formula is C37H22F2N6O4. The van der Waals surface area contributed by atoms with Crippen molar-refractivity contribution >= 4 is 21.8 Å². The largest absolute Gasteiger partial charge is 0.454 e. The third kappa shape index (κ3) is 6.13. The summed E-state index contributed by atoms with van der Waals surface area (Å²) in [5, 5.41) is 0.812. The quantitative estimate of drug-likeness (QED) is 0.151. The predicted octanol–water partition coefficient (Wildman–Crippen LogP) is 9.21. The highest BCUT2D eigenvalue weighted by Gasteiger charge is 2.21. The maximum absolute atomic E-state index is 15.7. The van der Waals surface area contributed by atoms with Gasteiger partial charge in [0.25, 0.3) is 0 Å². The van der Waals surface area contributed by atoms with Crippen molar-refractivity contribution < 1.29 is 27.7 Å². The van der Waals surface area contributed by atoms with Crippen LogP contribution >= 0.6 is 0 Å². The van der Waals surface area contributed by atoms with Gasteiger partial charge in [-0.25, -0.2) is 33.7 Å². The Labute approximate surface area is 276 Å². The Morgan fingerprint density at radius 1 is 0.469 bits per heavy atom. The number of hydrogen-bond donors (Lipinski definition) is 0. The zero-order valence-electron chi connectivity index (χ0n) is 25.3. The molecule has 0 aliphatic carbocycles. The minimum atomic E-state index is -0.663. The van der Waals surface area contributed by atoms with Crippen LogP contribution in [0, 0.1) is 11.6 Å². The number of benzene rings is 4. The van der Waals surface area contributed by atoms with Crippen LogP contribution in [0.25, 0.3) is 27.8 Å². The molecule has 0 bridgehead atoms. The first-order chi connectivity index (χ1) is 24.1. The van der Waals surface area contributed by atoms with E-state index in [2.05, 4.69) is 24.9 Å². The van der Waals surface area contributed by atoms with Crippen molar-refractivity contribution in [3.8, 4) is 52.2 Å². The third-order valence-corrected chi connectivity index (χ3v) is 7.34. The molecule has 0 spiro atoms. The molecule has 0 radical (unpaired) electrons. The van der Waals surface area contributed by atoms with Gasteiger partial charge in [0.1, 0.15) is 35.7 Å². The number of aromatic nitrogens is 6. The van der Waals surface area contributed by atoms with Crippen molar-refractivity contribution in [1.82, 2.24) is 29.5 Å². The number of halogens is 2. The van der Waals surface area contributed by atoms with Crippen LogP contribution in [-0.4, -0.2) is 29.5 Å². The topological polar surface area (TPSA) is 106 Å². The van der Waals surface area contributed by atoms with E-state index in [1.165, 1.54) is 36.9 Å². The first-order valence-electron chi connectivity index (χ1n) is 14.9. The number of pyridine rings is 2. The van der Waals surface area contributed by atoms with Gasteiger partial charge in [-0.3, -0.25) is 4.57 Å². The van der Waals surface area contributed by atoms with E-state index in [1.807, 2.05) is 0 Å². The molecular weight excluding hydrogens is 630 g/mol. The van der Waals surface area contributed by atoms with Crippen LogP contribution in [0.15, 0.2) is 134 Å². The van der Waals surface area contributed by atoms with Crippen LogP contribution in [0.5, 0.6) is 46.3 Å². The molecule has 0 saturated carbocycles. The SMILES string of the molecule is Fc1cc2c3cc(F)c(Oc4cccc(Oc5ccccn5)c4)cc3n(-c3ncncn3)c2cc1Oc1cccc(Oc2ccccn2)c1. The first-order valence-corrected chi connectivity index (χ1v) is 14.9. The number of hydrogen-bond acceptors (Lipinski definition) is 9. The fourth-order valence-electron chi connectivity index (χ4n) is 5.25. The molecule has 0 amide bonds. The van der Waals surface area contributed by atoms with Gasteiger partial charge >= 0.3 is 0 Å². The van der Waals surface area contributed by atoms with Gasteiger partial charge in [-0.1, -0.05) is 24.3 Å². The zero-order chi connectivity index (χ0) is 33.2. The van der Waals surface area contributed by atoms with Gasteiger partial charge < -0.3 is 18.9 Å². The molecule has 0 saturated heterocycles. The Balaban J connectivity index is 1.18. The van der Waals surface area contributed by atoms with E-state index < -0.39 is 11.6 Å². The lowest BCUT2D eigenvalue weighted by Crippen LogP contribution is -2.01. The van der Waals surface area contributed by atoms with Crippen LogP contribution in [0.1, 0.15) is 0 Å². The van der Waals surface area contributed by atoms with E-state index in [-0.39, 0.29) is 17.4 Å². The van der Waals surface area contributed by atoms with Crippen LogP contribution in [0.4, 0.5) is 8.78 Å². The second-order valence-electron chi connectivity index (χ2n) is 10.6. The number of rotatable bonds is 9. The number of fused-ring (bicyclic) bond motifs is 3. The Morgan fingerprint density at radius 2 is 0.939 bits per heavy atom. The molecule has 49 heavy (non-hydrogen) atoms. The monoisotopic (exact) mass is 652 g/mol. The van der Waals surface area contributed by atoms with E-state index in [9.17, 15) is 0 Å². The lowest BCUT2D eigenvalue weighted by molar-refractivity contribution is 0.431. The minimum Gasteiger partial charge on any atom is -0.454 e.